The van der Waals surface area contributed by atoms with E-state index in [4.69, 9.17) is 5.73 Å². The van der Waals surface area contributed by atoms with Crippen LogP contribution in [0.4, 0.5) is 0 Å². The Labute approximate surface area is 161 Å². The molecule has 1 aromatic heterocycles. The molecule has 4 atom stereocenters. The summed E-state index contributed by atoms with van der Waals surface area (Å²) < 4.78 is 0. The van der Waals surface area contributed by atoms with Crippen LogP contribution in [0.25, 0.3) is 0 Å². The van der Waals surface area contributed by atoms with Gasteiger partial charge in [-0.3, -0.25) is 9.78 Å². The molecule has 0 spiro atoms. The van der Waals surface area contributed by atoms with Crippen LogP contribution >= 0.6 is 0 Å². The van der Waals surface area contributed by atoms with Crippen molar-refractivity contribution < 1.29 is 15.0 Å². The van der Waals surface area contributed by atoms with Crippen LogP contribution in [0.15, 0.2) is 24.4 Å². The van der Waals surface area contributed by atoms with Gasteiger partial charge in [0.25, 0.3) is 0 Å². The van der Waals surface area contributed by atoms with E-state index in [1.807, 2.05) is 18.2 Å². The summed E-state index contributed by atoms with van der Waals surface area (Å²) in [5, 5.41) is 24.1. The highest BCUT2D eigenvalue weighted by Crippen LogP contribution is 2.36. The van der Waals surface area contributed by atoms with Gasteiger partial charge in [0.2, 0.25) is 5.91 Å². The van der Waals surface area contributed by atoms with Crippen molar-refractivity contribution in [2.45, 2.75) is 82.1 Å². The lowest BCUT2D eigenvalue weighted by molar-refractivity contribution is -0.125. The number of hydrogen-bond donors (Lipinski definition) is 4. The van der Waals surface area contributed by atoms with Crippen LogP contribution < -0.4 is 11.1 Å². The van der Waals surface area contributed by atoms with Gasteiger partial charge in [-0.05, 0) is 43.2 Å². The Hall–Kier alpha value is -1.50. The van der Waals surface area contributed by atoms with E-state index in [2.05, 4.69) is 10.3 Å². The van der Waals surface area contributed by atoms with Gasteiger partial charge in [-0.15, -0.1) is 0 Å². The molecule has 1 aromatic rings. The summed E-state index contributed by atoms with van der Waals surface area (Å²) in [4.78, 5) is 16.9. The van der Waals surface area contributed by atoms with Gasteiger partial charge in [0.05, 0.1) is 18.2 Å². The number of nitrogens with one attached hydrogen (secondary N) is 1. The predicted octanol–water partition coefficient (Wildman–Crippen LogP) is 1.54. The Bertz CT molecular complexity index is 588. The van der Waals surface area contributed by atoms with Crippen LogP contribution in [0.2, 0.25) is 0 Å². The van der Waals surface area contributed by atoms with Gasteiger partial charge < -0.3 is 21.3 Å². The molecule has 0 saturated heterocycles. The van der Waals surface area contributed by atoms with Crippen molar-refractivity contribution in [1.82, 2.24) is 10.3 Å². The number of hydrogen-bond acceptors (Lipinski definition) is 5. The van der Waals surface area contributed by atoms with Crippen molar-refractivity contribution >= 4 is 5.91 Å². The zero-order valence-electron chi connectivity index (χ0n) is 16.0. The van der Waals surface area contributed by atoms with Crippen LogP contribution in [-0.4, -0.2) is 45.4 Å². The molecule has 0 bridgehead atoms. The lowest BCUT2D eigenvalue weighted by Crippen LogP contribution is -2.54. The maximum absolute atomic E-state index is 12.7. The van der Waals surface area contributed by atoms with Crippen molar-refractivity contribution in [3.63, 3.8) is 0 Å². The molecule has 150 valence electrons. The Morgan fingerprint density at radius 2 is 1.93 bits per heavy atom. The Balaban J connectivity index is 1.60. The van der Waals surface area contributed by atoms with Gasteiger partial charge in [0.15, 0.2) is 0 Å². The maximum atomic E-state index is 12.7. The molecule has 6 heteroatoms. The first-order valence-corrected chi connectivity index (χ1v) is 10.4. The van der Waals surface area contributed by atoms with Gasteiger partial charge in [-0.25, -0.2) is 0 Å². The molecule has 2 fully saturated rings. The summed E-state index contributed by atoms with van der Waals surface area (Å²) in [5.74, 6) is 0.355. The second-order valence-corrected chi connectivity index (χ2v) is 8.31. The number of aromatic nitrogens is 1. The normalized spacial score (nSPS) is 22.6. The largest absolute Gasteiger partial charge is 0.390 e. The summed E-state index contributed by atoms with van der Waals surface area (Å²) >= 11 is 0. The fourth-order valence-electron chi connectivity index (χ4n) is 4.15. The van der Waals surface area contributed by atoms with E-state index in [0.717, 1.165) is 31.4 Å². The number of carbonyl (C=O) groups is 1. The average Bonchev–Trinajstić information content (AvgIpc) is 3.53. The number of carbonyl (C=O) groups excluding carboxylic acids is 1. The van der Waals surface area contributed by atoms with E-state index in [-0.39, 0.29) is 11.8 Å². The van der Waals surface area contributed by atoms with Crippen LogP contribution in [-0.2, 0) is 11.2 Å². The topological polar surface area (TPSA) is 108 Å². The molecule has 1 amide bonds. The van der Waals surface area contributed by atoms with E-state index in [1.165, 1.54) is 19.3 Å². The third kappa shape index (κ3) is 5.99. The van der Waals surface area contributed by atoms with Gasteiger partial charge in [0.1, 0.15) is 6.10 Å². The molecule has 0 radical (unpaired) electrons. The number of nitrogens with zero attached hydrogens (tertiary/aromatic N) is 1. The molecule has 3 rings (SSSR count). The lowest BCUT2D eigenvalue weighted by Gasteiger charge is -2.33. The molecule has 27 heavy (non-hydrogen) atoms. The van der Waals surface area contributed by atoms with Gasteiger partial charge >= 0.3 is 0 Å². The molecule has 2 aliphatic carbocycles. The minimum atomic E-state index is -0.939. The predicted molar refractivity (Wildman–Crippen MR) is 104 cm³/mol. The summed E-state index contributed by atoms with van der Waals surface area (Å²) in [6.07, 6.45) is 8.82. The highest BCUT2D eigenvalue weighted by Gasteiger charge is 2.39. The molecule has 0 aromatic carbocycles. The number of pyridine rings is 1. The Morgan fingerprint density at radius 1 is 1.19 bits per heavy atom. The second kappa shape index (κ2) is 9.62. The number of aliphatic hydroxyl groups is 2. The molecule has 0 unspecified atom stereocenters. The first-order chi connectivity index (χ1) is 13.0. The third-order valence-corrected chi connectivity index (χ3v) is 6.00. The summed E-state index contributed by atoms with van der Waals surface area (Å²) in [6.45, 7) is 0. The monoisotopic (exact) mass is 375 g/mol. The number of nitrogens with two attached hydrogens (primary N) is 1. The van der Waals surface area contributed by atoms with E-state index >= 15 is 0 Å². The quantitative estimate of drug-likeness (QED) is 0.523. The Kier molecular flexibility index (Phi) is 7.21. The fraction of sp³-hybridized carbons (Fsp3) is 0.714. The highest BCUT2D eigenvalue weighted by atomic mass is 16.3. The molecule has 2 aliphatic rings. The van der Waals surface area contributed by atoms with Gasteiger partial charge in [-0.2, -0.15) is 0 Å². The van der Waals surface area contributed by atoms with Crippen LogP contribution in [0.1, 0.15) is 57.1 Å². The van der Waals surface area contributed by atoms with E-state index < -0.39 is 24.3 Å². The number of aliphatic hydroxyl groups excluding tert-OH is 2. The second-order valence-electron chi connectivity index (χ2n) is 8.31. The van der Waals surface area contributed by atoms with E-state index in [9.17, 15) is 15.0 Å². The van der Waals surface area contributed by atoms with Crippen LogP contribution in [0.3, 0.4) is 0 Å². The zero-order valence-corrected chi connectivity index (χ0v) is 16.0. The standard InChI is InChI=1S/C21H33N3O3/c22-17(13-16-8-4-5-11-23-16)21(27)24-18(12-14-6-2-1-3-7-14)20(26)19(25)15-9-10-15/h4-5,8,11,14-15,17-20,25-26H,1-3,6-7,9-10,12-13,22H2,(H,24,27)/t17-,18-,19-,20+/m0/s1. The van der Waals surface area contributed by atoms with Crippen molar-refractivity contribution in [3.05, 3.63) is 30.1 Å². The lowest BCUT2D eigenvalue weighted by atomic mass is 9.82. The molecule has 0 aliphatic heterocycles. The minimum Gasteiger partial charge on any atom is -0.390 e. The van der Waals surface area contributed by atoms with Crippen molar-refractivity contribution in [2.75, 3.05) is 0 Å². The van der Waals surface area contributed by atoms with Crippen LogP contribution in [0, 0.1) is 11.8 Å². The number of amides is 1. The number of rotatable bonds is 9. The summed E-state index contributed by atoms with van der Waals surface area (Å²) in [6, 6.07) is 4.36. The average molecular weight is 376 g/mol. The fourth-order valence-corrected chi connectivity index (χ4v) is 4.15. The zero-order chi connectivity index (χ0) is 19.2. The van der Waals surface area contributed by atoms with E-state index in [0.29, 0.717) is 18.8 Å². The molecule has 2 saturated carbocycles. The molecule has 1 heterocycles. The smallest absolute Gasteiger partial charge is 0.237 e. The summed E-state index contributed by atoms with van der Waals surface area (Å²) in [7, 11) is 0. The molecular weight excluding hydrogens is 342 g/mol. The van der Waals surface area contributed by atoms with Gasteiger partial charge in [-0.1, -0.05) is 38.2 Å². The van der Waals surface area contributed by atoms with Crippen molar-refractivity contribution in [3.8, 4) is 0 Å². The molecule has 6 nitrogen and oxygen atoms in total. The Morgan fingerprint density at radius 3 is 2.56 bits per heavy atom. The van der Waals surface area contributed by atoms with Crippen LogP contribution in [0.5, 0.6) is 0 Å². The van der Waals surface area contributed by atoms with Crippen molar-refractivity contribution in [1.29, 1.82) is 0 Å². The van der Waals surface area contributed by atoms with Gasteiger partial charge in [0, 0.05) is 18.3 Å². The molecular formula is C21H33N3O3. The summed E-state index contributed by atoms with van der Waals surface area (Å²) in [5.41, 5.74) is 6.85. The first kappa shape index (κ1) is 20.2. The maximum Gasteiger partial charge on any atom is 0.237 e. The third-order valence-electron chi connectivity index (χ3n) is 6.00. The van der Waals surface area contributed by atoms with E-state index in [1.54, 1.807) is 6.20 Å². The molecule has 5 N–H and O–H groups in total. The SMILES string of the molecule is N[C@@H](Cc1ccccn1)C(=O)N[C@@H](CC1CCCCC1)[C@@H](O)[C@@H](O)C1CC1. The minimum absolute atomic E-state index is 0.160. The van der Waals surface area contributed by atoms with Crippen molar-refractivity contribution in [2.24, 2.45) is 17.6 Å². The first-order valence-electron chi connectivity index (χ1n) is 10.4. The highest BCUT2D eigenvalue weighted by molar-refractivity contribution is 5.82.